The minimum Gasteiger partial charge on any atom is -0.381 e. The van der Waals surface area contributed by atoms with E-state index in [1.54, 1.807) is 7.11 Å². The number of piperidine rings is 1. The van der Waals surface area contributed by atoms with E-state index >= 15 is 0 Å². The molecule has 0 N–H and O–H groups in total. The average molecular weight is 129 g/mol. The lowest BCUT2D eigenvalue weighted by molar-refractivity contribution is 0.0484. The summed E-state index contributed by atoms with van der Waals surface area (Å²) in [6, 6.07) is 0. The van der Waals surface area contributed by atoms with Crippen molar-refractivity contribution in [2.75, 3.05) is 27.2 Å². The van der Waals surface area contributed by atoms with Crippen molar-refractivity contribution < 1.29 is 4.74 Å². The normalized spacial score (nSPS) is 24.7. The molecule has 1 saturated heterocycles. The van der Waals surface area contributed by atoms with Crippen LogP contribution in [0.15, 0.2) is 0 Å². The summed E-state index contributed by atoms with van der Waals surface area (Å²) < 4.78 is 5.21. The maximum absolute atomic E-state index is 5.21. The molecule has 9 heavy (non-hydrogen) atoms. The lowest BCUT2D eigenvalue weighted by Gasteiger charge is -2.27. The van der Waals surface area contributed by atoms with E-state index in [2.05, 4.69) is 11.9 Å². The van der Waals surface area contributed by atoms with Gasteiger partial charge in [-0.25, -0.2) is 0 Å². The van der Waals surface area contributed by atoms with E-state index in [0.717, 1.165) is 0 Å². The smallest absolute Gasteiger partial charge is 0.0595 e. The average Bonchev–Trinajstić information content (AvgIpc) is 1.90. The van der Waals surface area contributed by atoms with Gasteiger partial charge in [0.1, 0.15) is 0 Å². The first-order valence-electron chi connectivity index (χ1n) is 3.54. The number of likely N-dealkylation sites (tertiary alicyclic amines) is 1. The van der Waals surface area contributed by atoms with E-state index < -0.39 is 0 Å². The monoisotopic (exact) mass is 129 g/mol. The van der Waals surface area contributed by atoms with Gasteiger partial charge in [0.05, 0.1) is 6.10 Å². The highest BCUT2D eigenvalue weighted by Crippen LogP contribution is 2.10. The van der Waals surface area contributed by atoms with Crippen molar-refractivity contribution in [3.05, 3.63) is 0 Å². The molecule has 1 aliphatic heterocycles. The van der Waals surface area contributed by atoms with Gasteiger partial charge >= 0.3 is 0 Å². The Hall–Kier alpha value is -0.0800. The molecule has 0 radical (unpaired) electrons. The topological polar surface area (TPSA) is 12.5 Å². The summed E-state index contributed by atoms with van der Waals surface area (Å²) >= 11 is 0. The molecule has 0 amide bonds. The van der Waals surface area contributed by atoms with Gasteiger partial charge in [0.25, 0.3) is 0 Å². The van der Waals surface area contributed by atoms with E-state index in [1.807, 2.05) is 0 Å². The van der Waals surface area contributed by atoms with Gasteiger partial charge in [-0.2, -0.15) is 0 Å². The highest BCUT2D eigenvalue weighted by Gasteiger charge is 2.14. The second kappa shape index (κ2) is 3.18. The van der Waals surface area contributed by atoms with Crippen molar-refractivity contribution in [2.45, 2.75) is 18.9 Å². The molecule has 0 atom stereocenters. The van der Waals surface area contributed by atoms with Gasteiger partial charge in [0.2, 0.25) is 0 Å². The number of rotatable bonds is 1. The molecule has 0 spiro atoms. The molecule has 1 aliphatic rings. The summed E-state index contributed by atoms with van der Waals surface area (Å²) in [6.07, 6.45) is 2.93. The van der Waals surface area contributed by atoms with Crippen LogP contribution in [0.4, 0.5) is 0 Å². The van der Waals surface area contributed by atoms with Crippen molar-refractivity contribution >= 4 is 0 Å². The molecule has 1 fully saturated rings. The Morgan fingerprint density at radius 2 is 1.89 bits per heavy atom. The van der Waals surface area contributed by atoms with Gasteiger partial charge in [0, 0.05) is 20.2 Å². The molecule has 0 aromatic heterocycles. The van der Waals surface area contributed by atoms with Gasteiger partial charge in [-0.05, 0) is 19.9 Å². The standard InChI is InChI=1S/C7H15NO/c1-8-5-3-7(9-2)4-6-8/h7H,3-6H2,1-2H3. The minimum atomic E-state index is 0.529. The number of nitrogens with zero attached hydrogens (tertiary/aromatic N) is 1. The molecule has 2 heteroatoms. The van der Waals surface area contributed by atoms with Gasteiger partial charge in [-0.1, -0.05) is 0 Å². The third-order valence-corrected chi connectivity index (χ3v) is 2.00. The van der Waals surface area contributed by atoms with E-state index in [4.69, 9.17) is 4.74 Å². The lowest BCUT2D eigenvalue weighted by atomic mass is 10.1. The lowest BCUT2D eigenvalue weighted by Crippen LogP contribution is -2.33. The molecular weight excluding hydrogens is 114 g/mol. The van der Waals surface area contributed by atoms with Gasteiger partial charge in [-0.3, -0.25) is 0 Å². The summed E-state index contributed by atoms with van der Waals surface area (Å²) in [4.78, 5) is 2.34. The Morgan fingerprint density at radius 3 is 2.33 bits per heavy atom. The summed E-state index contributed by atoms with van der Waals surface area (Å²) in [5, 5.41) is 0. The van der Waals surface area contributed by atoms with Crippen LogP contribution in [0, 0.1) is 0 Å². The summed E-state index contributed by atoms with van der Waals surface area (Å²) in [7, 11) is 3.96. The molecule has 0 bridgehead atoms. The van der Waals surface area contributed by atoms with Crippen LogP contribution >= 0.6 is 0 Å². The molecule has 0 unspecified atom stereocenters. The molecule has 2 nitrogen and oxygen atoms in total. The summed E-state index contributed by atoms with van der Waals surface area (Å²) in [6.45, 7) is 2.39. The fourth-order valence-corrected chi connectivity index (χ4v) is 1.22. The van der Waals surface area contributed by atoms with Crippen molar-refractivity contribution in [1.82, 2.24) is 4.90 Å². The van der Waals surface area contributed by atoms with Crippen LogP contribution in [0.25, 0.3) is 0 Å². The van der Waals surface area contributed by atoms with Crippen LogP contribution in [-0.2, 0) is 4.74 Å². The van der Waals surface area contributed by atoms with Crippen molar-refractivity contribution in [3.8, 4) is 0 Å². The van der Waals surface area contributed by atoms with E-state index in [9.17, 15) is 0 Å². The summed E-state index contributed by atoms with van der Waals surface area (Å²) in [5.74, 6) is 0. The highest BCUT2D eigenvalue weighted by atomic mass is 16.5. The Kier molecular flexibility index (Phi) is 2.49. The molecule has 0 aromatic rings. The molecular formula is C7H15NO. The summed E-state index contributed by atoms with van der Waals surface area (Å²) in [5.41, 5.74) is 0. The van der Waals surface area contributed by atoms with Crippen LogP contribution in [0.1, 0.15) is 12.8 Å². The molecule has 1 rings (SSSR count). The molecule has 54 valence electrons. The van der Waals surface area contributed by atoms with E-state index in [0.29, 0.717) is 6.10 Å². The van der Waals surface area contributed by atoms with E-state index in [-0.39, 0.29) is 0 Å². The third kappa shape index (κ3) is 1.95. The quantitative estimate of drug-likeness (QED) is 0.517. The highest BCUT2D eigenvalue weighted by molar-refractivity contribution is 4.68. The van der Waals surface area contributed by atoms with Crippen molar-refractivity contribution in [2.24, 2.45) is 0 Å². The number of hydrogen-bond donors (Lipinski definition) is 0. The Labute approximate surface area is 56.8 Å². The van der Waals surface area contributed by atoms with Crippen molar-refractivity contribution in [1.29, 1.82) is 0 Å². The Bertz CT molecular complexity index is 77.0. The van der Waals surface area contributed by atoms with E-state index in [1.165, 1.54) is 25.9 Å². The third-order valence-electron chi connectivity index (χ3n) is 2.00. The molecule has 0 saturated carbocycles. The first-order valence-corrected chi connectivity index (χ1v) is 3.54. The SMILES string of the molecule is COC1CCN(C)CC1. The van der Waals surface area contributed by atoms with Crippen LogP contribution in [0.3, 0.4) is 0 Å². The molecule has 0 aromatic carbocycles. The minimum absolute atomic E-state index is 0.529. The van der Waals surface area contributed by atoms with Crippen LogP contribution in [0.5, 0.6) is 0 Å². The van der Waals surface area contributed by atoms with Crippen LogP contribution in [-0.4, -0.2) is 38.3 Å². The fourth-order valence-electron chi connectivity index (χ4n) is 1.22. The van der Waals surface area contributed by atoms with Gasteiger partial charge < -0.3 is 9.64 Å². The fraction of sp³-hybridized carbons (Fsp3) is 1.00. The van der Waals surface area contributed by atoms with Crippen molar-refractivity contribution in [3.63, 3.8) is 0 Å². The second-order valence-electron chi connectivity index (χ2n) is 2.74. The Balaban J connectivity index is 2.18. The number of hydrogen-bond acceptors (Lipinski definition) is 2. The zero-order chi connectivity index (χ0) is 6.69. The molecule has 0 aliphatic carbocycles. The predicted molar refractivity (Wildman–Crippen MR) is 37.5 cm³/mol. The number of ether oxygens (including phenoxy) is 1. The maximum atomic E-state index is 5.21. The maximum Gasteiger partial charge on any atom is 0.0595 e. The Morgan fingerprint density at radius 1 is 1.33 bits per heavy atom. The zero-order valence-corrected chi connectivity index (χ0v) is 6.26. The van der Waals surface area contributed by atoms with Crippen LogP contribution in [0.2, 0.25) is 0 Å². The zero-order valence-electron chi connectivity index (χ0n) is 6.26. The van der Waals surface area contributed by atoms with Crippen LogP contribution < -0.4 is 0 Å². The first-order chi connectivity index (χ1) is 4.33. The first kappa shape index (κ1) is 7.03. The molecule has 1 heterocycles. The largest absolute Gasteiger partial charge is 0.381 e. The predicted octanol–water partition coefficient (Wildman–Crippen LogP) is 0.727. The van der Waals surface area contributed by atoms with Gasteiger partial charge in [0.15, 0.2) is 0 Å². The number of methoxy groups -OCH3 is 1. The second-order valence-corrected chi connectivity index (χ2v) is 2.74. The van der Waals surface area contributed by atoms with Gasteiger partial charge in [-0.15, -0.1) is 0 Å².